The van der Waals surface area contributed by atoms with Gasteiger partial charge < -0.3 is 0 Å². The molecule has 0 N–H and O–H groups in total. The third-order valence-corrected chi connectivity index (χ3v) is 3.67. The molecule has 0 bridgehead atoms. The van der Waals surface area contributed by atoms with Crippen LogP contribution in [0.25, 0.3) is 0 Å². The Bertz CT molecular complexity index is 482. The molecule has 5 nitrogen and oxygen atoms in total. The number of tetrazole rings is 1. The third-order valence-electron chi connectivity index (χ3n) is 1.77. The Kier molecular flexibility index (Phi) is 2.98. The fraction of sp³-hybridized carbons (Fsp3) is 0.556. The minimum Gasteiger partial charge on any atom is -0.235 e. The van der Waals surface area contributed by atoms with Crippen LogP contribution < -0.4 is 0 Å². The summed E-state index contributed by atoms with van der Waals surface area (Å²) in [6.07, 6.45) is 0. The quantitative estimate of drug-likeness (QED) is 0.824. The SMILES string of the molecule is Cc1csc(Sc2nnn(C(C)(C)C)n2)n1. The van der Waals surface area contributed by atoms with Crippen molar-refractivity contribution in [3.63, 3.8) is 0 Å². The van der Waals surface area contributed by atoms with Crippen molar-refractivity contribution in [3.8, 4) is 0 Å². The zero-order valence-corrected chi connectivity index (χ0v) is 11.3. The molecule has 0 spiro atoms. The van der Waals surface area contributed by atoms with E-state index in [0.29, 0.717) is 5.16 Å². The maximum absolute atomic E-state index is 4.34. The lowest BCUT2D eigenvalue weighted by molar-refractivity contribution is 0.304. The molecule has 0 saturated heterocycles. The van der Waals surface area contributed by atoms with Gasteiger partial charge in [0.25, 0.3) is 0 Å². The topological polar surface area (TPSA) is 56.5 Å². The molecule has 0 fully saturated rings. The minimum atomic E-state index is -0.134. The van der Waals surface area contributed by atoms with Gasteiger partial charge in [-0.25, -0.2) is 4.98 Å². The average molecular weight is 255 g/mol. The van der Waals surface area contributed by atoms with Crippen molar-refractivity contribution < 1.29 is 0 Å². The summed E-state index contributed by atoms with van der Waals surface area (Å²) in [4.78, 5) is 5.96. The fourth-order valence-corrected chi connectivity index (χ4v) is 2.61. The van der Waals surface area contributed by atoms with Gasteiger partial charge in [0, 0.05) is 11.1 Å². The van der Waals surface area contributed by atoms with Crippen LogP contribution in [0.4, 0.5) is 0 Å². The Morgan fingerprint density at radius 3 is 2.62 bits per heavy atom. The molecular formula is C9H13N5S2. The van der Waals surface area contributed by atoms with E-state index in [1.165, 1.54) is 11.8 Å². The standard InChI is InChI=1S/C9H13N5S2/c1-6-5-15-8(10-6)16-7-11-13-14(12-7)9(2,3)4/h5H,1-4H3. The summed E-state index contributed by atoms with van der Waals surface area (Å²) in [5, 5.41) is 15.0. The van der Waals surface area contributed by atoms with Crippen LogP contribution in [0.2, 0.25) is 0 Å². The Hall–Kier alpha value is -0.950. The number of aromatic nitrogens is 5. The maximum Gasteiger partial charge on any atom is 0.238 e. The molecule has 0 unspecified atom stereocenters. The molecule has 0 aromatic carbocycles. The normalized spacial score (nSPS) is 12.0. The first-order valence-electron chi connectivity index (χ1n) is 4.85. The van der Waals surface area contributed by atoms with Crippen LogP contribution in [0.5, 0.6) is 0 Å². The van der Waals surface area contributed by atoms with E-state index < -0.39 is 0 Å². The van der Waals surface area contributed by atoms with Gasteiger partial charge in [0.2, 0.25) is 5.16 Å². The van der Waals surface area contributed by atoms with Crippen LogP contribution in [0, 0.1) is 6.92 Å². The summed E-state index contributed by atoms with van der Waals surface area (Å²) >= 11 is 3.04. The Morgan fingerprint density at radius 1 is 1.38 bits per heavy atom. The second kappa shape index (κ2) is 4.14. The average Bonchev–Trinajstić information content (AvgIpc) is 2.74. The summed E-state index contributed by atoms with van der Waals surface area (Å²) in [6.45, 7) is 8.09. The lowest BCUT2D eigenvalue weighted by atomic mass is 10.1. The first-order chi connectivity index (χ1) is 7.45. The van der Waals surface area contributed by atoms with Crippen molar-refractivity contribution in [2.75, 3.05) is 0 Å². The number of hydrogen-bond acceptors (Lipinski definition) is 6. The van der Waals surface area contributed by atoms with E-state index in [1.54, 1.807) is 16.1 Å². The molecule has 0 amide bonds. The Balaban J connectivity index is 2.14. The van der Waals surface area contributed by atoms with E-state index >= 15 is 0 Å². The summed E-state index contributed by atoms with van der Waals surface area (Å²) < 4.78 is 0.950. The van der Waals surface area contributed by atoms with E-state index in [-0.39, 0.29) is 5.54 Å². The summed E-state index contributed by atoms with van der Waals surface area (Å²) in [6, 6.07) is 0. The zero-order chi connectivity index (χ0) is 11.8. The van der Waals surface area contributed by atoms with Crippen LogP contribution in [0.3, 0.4) is 0 Å². The van der Waals surface area contributed by atoms with Crippen molar-refractivity contribution in [3.05, 3.63) is 11.1 Å². The van der Waals surface area contributed by atoms with Gasteiger partial charge in [-0.15, -0.1) is 21.5 Å². The lowest BCUT2D eigenvalue weighted by Crippen LogP contribution is -2.24. The highest BCUT2D eigenvalue weighted by Gasteiger charge is 2.17. The van der Waals surface area contributed by atoms with Gasteiger partial charge >= 0.3 is 0 Å². The molecule has 16 heavy (non-hydrogen) atoms. The molecule has 2 aromatic heterocycles. The van der Waals surface area contributed by atoms with E-state index in [2.05, 4.69) is 20.4 Å². The molecule has 0 saturated carbocycles. The van der Waals surface area contributed by atoms with Crippen LogP contribution in [0.1, 0.15) is 26.5 Å². The van der Waals surface area contributed by atoms with Crippen LogP contribution in [-0.4, -0.2) is 25.2 Å². The second-order valence-electron chi connectivity index (χ2n) is 4.39. The highest BCUT2D eigenvalue weighted by molar-refractivity contribution is 8.00. The molecule has 2 heterocycles. The van der Waals surface area contributed by atoms with Crippen molar-refractivity contribution in [1.82, 2.24) is 25.2 Å². The van der Waals surface area contributed by atoms with Gasteiger partial charge in [0.15, 0.2) is 4.34 Å². The van der Waals surface area contributed by atoms with Gasteiger partial charge in [0.05, 0.1) is 5.54 Å². The van der Waals surface area contributed by atoms with Crippen LogP contribution in [-0.2, 0) is 5.54 Å². The third kappa shape index (κ3) is 2.59. The maximum atomic E-state index is 4.34. The monoisotopic (exact) mass is 255 g/mol. The first-order valence-corrected chi connectivity index (χ1v) is 6.55. The largest absolute Gasteiger partial charge is 0.238 e. The van der Waals surface area contributed by atoms with Gasteiger partial charge in [-0.3, -0.25) is 0 Å². The fourth-order valence-electron chi connectivity index (χ4n) is 0.984. The van der Waals surface area contributed by atoms with E-state index in [1.807, 2.05) is 33.1 Å². The molecule has 0 aliphatic heterocycles. The minimum absolute atomic E-state index is 0.134. The predicted molar refractivity (Wildman–Crippen MR) is 63.8 cm³/mol. The number of rotatable bonds is 2. The predicted octanol–water partition coefficient (Wildman–Crippen LogP) is 2.34. The molecule has 0 atom stereocenters. The molecular weight excluding hydrogens is 242 g/mol. The number of hydrogen-bond donors (Lipinski definition) is 0. The van der Waals surface area contributed by atoms with E-state index in [4.69, 9.17) is 0 Å². The zero-order valence-electron chi connectivity index (χ0n) is 9.63. The molecule has 0 radical (unpaired) electrons. The molecule has 7 heteroatoms. The van der Waals surface area contributed by atoms with Crippen molar-refractivity contribution in [2.45, 2.75) is 42.7 Å². The lowest BCUT2D eigenvalue weighted by Gasteiger charge is -2.15. The molecule has 2 rings (SSSR count). The van der Waals surface area contributed by atoms with Gasteiger partial charge in [-0.05, 0) is 44.7 Å². The van der Waals surface area contributed by atoms with Crippen molar-refractivity contribution in [2.24, 2.45) is 0 Å². The van der Waals surface area contributed by atoms with E-state index in [9.17, 15) is 0 Å². The number of thiazole rings is 1. The summed E-state index contributed by atoms with van der Waals surface area (Å²) in [5.41, 5.74) is 0.889. The van der Waals surface area contributed by atoms with Crippen molar-refractivity contribution >= 4 is 23.1 Å². The molecule has 2 aromatic rings. The van der Waals surface area contributed by atoms with Crippen LogP contribution in [0.15, 0.2) is 14.9 Å². The highest BCUT2D eigenvalue weighted by atomic mass is 32.2. The molecule has 86 valence electrons. The summed E-state index contributed by atoms with van der Waals surface area (Å²) in [5.74, 6) is 0. The smallest absolute Gasteiger partial charge is 0.235 e. The Labute approximate surface area is 102 Å². The summed E-state index contributed by atoms with van der Waals surface area (Å²) in [7, 11) is 0. The number of nitrogens with zero attached hydrogens (tertiary/aromatic N) is 5. The van der Waals surface area contributed by atoms with E-state index in [0.717, 1.165) is 10.0 Å². The molecule has 0 aliphatic rings. The molecule has 0 aliphatic carbocycles. The Morgan fingerprint density at radius 2 is 2.12 bits per heavy atom. The van der Waals surface area contributed by atoms with Gasteiger partial charge in [-0.1, -0.05) is 0 Å². The van der Waals surface area contributed by atoms with Crippen LogP contribution >= 0.6 is 23.1 Å². The van der Waals surface area contributed by atoms with Crippen molar-refractivity contribution in [1.29, 1.82) is 0 Å². The second-order valence-corrected chi connectivity index (χ2v) is 6.46. The highest BCUT2D eigenvalue weighted by Crippen LogP contribution is 2.27. The number of aryl methyl sites for hydroxylation is 1. The first kappa shape index (κ1) is 11.5. The van der Waals surface area contributed by atoms with Gasteiger partial charge in [0.1, 0.15) is 0 Å². The van der Waals surface area contributed by atoms with Gasteiger partial charge in [-0.2, -0.15) is 4.80 Å².